The van der Waals surface area contributed by atoms with E-state index < -0.39 is 0 Å². The predicted molar refractivity (Wildman–Crippen MR) is 97.3 cm³/mol. The van der Waals surface area contributed by atoms with Crippen LogP contribution in [0.2, 0.25) is 0 Å². The Labute approximate surface area is 153 Å². The van der Waals surface area contributed by atoms with Crippen molar-refractivity contribution in [3.05, 3.63) is 42.4 Å². The molecule has 1 aromatic carbocycles. The van der Waals surface area contributed by atoms with E-state index in [0.29, 0.717) is 38.4 Å². The SMILES string of the molecule is CNC(=O)CN1CCN(C(=O)CCc2ncc(-c3ccccc3)o2)CC1. The van der Waals surface area contributed by atoms with Crippen LogP contribution in [0, 0.1) is 0 Å². The van der Waals surface area contributed by atoms with Crippen LogP contribution in [0.1, 0.15) is 12.3 Å². The third-order valence-corrected chi connectivity index (χ3v) is 4.54. The smallest absolute Gasteiger partial charge is 0.233 e. The van der Waals surface area contributed by atoms with E-state index in [1.807, 2.05) is 35.2 Å². The molecule has 0 spiro atoms. The van der Waals surface area contributed by atoms with Gasteiger partial charge in [0, 0.05) is 51.6 Å². The lowest BCUT2D eigenvalue weighted by Crippen LogP contribution is -2.50. The van der Waals surface area contributed by atoms with Gasteiger partial charge in [-0.15, -0.1) is 0 Å². The van der Waals surface area contributed by atoms with Crippen molar-refractivity contribution in [3.8, 4) is 11.3 Å². The van der Waals surface area contributed by atoms with E-state index in [0.717, 1.165) is 24.4 Å². The third kappa shape index (κ3) is 4.70. The van der Waals surface area contributed by atoms with Crippen LogP contribution in [-0.4, -0.2) is 66.4 Å². The molecule has 2 aromatic rings. The second-order valence-corrected chi connectivity index (χ2v) is 6.31. The summed E-state index contributed by atoms with van der Waals surface area (Å²) in [5, 5.41) is 2.62. The second kappa shape index (κ2) is 8.62. The van der Waals surface area contributed by atoms with Gasteiger partial charge in [-0.2, -0.15) is 0 Å². The monoisotopic (exact) mass is 356 g/mol. The zero-order valence-electron chi connectivity index (χ0n) is 15.0. The van der Waals surface area contributed by atoms with Crippen molar-refractivity contribution in [3.63, 3.8) is 0 Å². The fourth-order valence-electron chi connectivity index (χ4n) is 2.97. The van der Waals surface area contributed by atoms with Gasteiger partial charge in [-0.05, 0) is 0 Å². The Morgan fingerprint density at radius 1 is 1.15 bits per heavy atom. The van der Waals surface area contributed by atoms with Crippen molar-refractivity contribution >= 4 is 11.8 Å². The third-order valence-electron chi connectivity index (χ3n) is 4.54. The minimum atomic E-state index is 0.00268. The average Bonchev–Trinajstić information content (AvgIpc) is 3.16. The van der Waals surface area contributed by atoms with Gasteiger partial charge in [0.05, 0.1) is 12.7 Å². The molecule has 0 unspecified atom stereocenters. The molecule has 7 nitrogen and oxygen atoms in total. The van der Waals surface area contributed by atoms with Crippen molar-refractivity contribution in [2.24, 2.45) is 0 Å². The highest BCUT2D eigenvalue weighted by atomic mass is 16.4. The van der Waals surface area contributed by atoms with E-state index in [1.54, 1.807) is 13.2 Å². The molecule has 0 aliphatic carbocycles. The molecule has 2 heterocycles. The minimum absolute atomic E-state index is 0.00268. The molecule has 0 saturated carbocycles. The molecule has 1 N–H and O–H groups in total. The minimum Gasteiger partial charge on any atom is -0.441 e. The molecule has 1 fully saturated rings. The molecule has 1 saturated heterocycles. The number of nitrogens with zero attached hydrogens (tertiary/aromatic N) is 3. The van der Waals surface area contributed by atoms with E-state index in [-0.39, 0.29) is 11.8 Å². The molecule has 1 aliphatic heterocycles. The number of amides is 2. The van der Waals surface area contributed by atoms with Gasteiger partial charge in [0.2, 0.25) is 11.8 Å². The van der Waals surface area contributed by atoms with Gasteiger partial charge in [-0.3, -0.25) is 14.5 Å². The number of rotatable bonds is 6. The van der Waals surface area contributed by atoms with Crippen LogP contribution in [0.25, 0.3) is 11.3 Å². The van der Waals surface area contributed by atoms with Crippen LogP contribution in [0.15, 0.2) is 40.9 Å². The standard InChI is InChI=1S/C19H24N4O3/c1-20-17(24)14-22-9-11-23(12-10-22)19(25)8-7-18-21-13-16(26-18)15-5-3-2-4-6-15/h2-6,13H,7-12,14H2,1H3,(H,20,24). The van der Waals surface area contributed by atoms with E-state index in [9.17, 15) is 9.59 Å². The summed E-state index contributed by atoms with van der Waals surface area (Å²) in [4.78, 5) is 32.0. The average molecular weight is 356 g/mol. The topological polar surface area (TPSA) is 78.7 Å². The highest BCUT2D eigenvalue weighted by molar-refractivity contribution is 5.78. The number of hydrogen-bond acceptors (Lipinski definition) is 5. The van der Waals surface area contributed by atoms with Gasteiger partial charge in [-0.1, -0.05) is 30.3 Å². The largest absolute Gasteiger partial charge is 0.441 e. The fourth-order valence-corrected chi connectivity index (χ4v) is 2.97. The van der Waals surface area contributed by atoms with E-state index in [4.69, 9.17) is 4.42 Å². The molecule has 0 radical (unpaired) electrons. The maximum atomic E-state index is 12.4. The van der Waals surface area contributed by atoms with Crippen molar-refractivity contribution < 1.29 is 14.0 Å². The first-order valence-electron chi connectivity index (χ1n) is 8.86. The maximum Gasteiger partial charge on any atom is 0.233 e. The number of aromatic nitrogens is 1. The summed E-state index contributed by atoms with van der Waals surface area (Å²) in [6.07, 6.45) is 2.57. The molecule has 1 aromatic heterocycles. The normalized spacial score (nSPS) is 15.0. The number of oxazole rings is 1. The molecule has 0 atom stereocenters. The molecule has 2 amide bonds. The van der Waals surface area contributed by atoms with Crippen LogP contribution in [0.4, 0.5) is 0 Å². The molecular formula is C19H24N4O3. The number of nitrogens with one attached hydrogen (secondary N) is 1. The fraction of sp³-hybridized carbons (Fsp3) is 0.421. The number of benzene rings is 1. The van der Waals surface area contributed by atoms with Gasteiger partial charge in [0.25, 0.3) is 0 Å². The van der Waals surface area contributed by atoms with E-state index >= 15 is 0 Å². The van der Waals surface area contributed by atoms with E-state index in [1.165, 1.54) is 0 Å². The molecule has 3 rings (SSSR count). The first-order valence-corrected chi connectivity index (χ1v) is 8.86. The van der Waals surface area contributed by atoms with Gasteiger partial charge in [0.1, 0.15) is 0 Å². The summed E-state index contributed by atoms with van der Waals surface area (Å²) in [5.41, 5.74) is 0.977. The van der Waals surface area contributed by atoms with Gasteiger partial charge >= 0.3 is 0 Å². The highest BCUT2D eigenvalue weighted by Crippen LogP contribution is 2.20. The van der Waals surface area contributed by atoms with Crippen molar-refractivity contribution in [1.82, 2.24) is 20.1 Å². The lowest BCUT2D eigenvalue weighted by molar-refractivity contribution is -0.133. The Morgan fingerprint density at radius 3 is 2.58 bits per heavy atom. The van der Waals surface area contributed by atoms with E-state index in [2.05, 4.69) is 15.2 Å². The Kier molecular flexibility index (Phi) is 6.01. The summed E-state index contributed by atoms with van der Waals surface area (Å²) >= 11 is 0. The Bertz CT molecular complexity index is 736. The second-order valence-electron chi connectivity index (χ2n) is 6.31. The van der Waals surface area contributed by atoms with Crippen LogP contribution >= 0.6 is 0 Å². The molecule has 0 bridgehead atoms. The Morgan fingerprint density at radius 2 is 1.88 bits per heavy atom. The molecular weight excluding hydrogens is 332 g/mol. The van der Waals surface area contributed by atoms with Crippen LogP contribution in [0.3, 0.4) is 0 Å². The van der Waals surface area contributed by atoms with Crippen LogP contribution in [0.5, 0.6) is 0 Å². The lowest BCUT2D eigenvalue weighted by atomic mass is 10.2. The summed E-state index contributed by atoms with van der Waals surface area (Å²) in [6, 6.07) is 9.78. The van der Waals surface area contributed by atoms with Gasteiger partial charge in [-0.25, -0.2) is 4.98 Å². The van der Waals surface area contributed by atoms with Crippen LogP contribution < -0.4 is 5.32 Å². The highest BCUT2D eigenvalue weighted by Gasteiger charge is 2.22. The lowest BCUT2D eigenvalue weighted by Gasteiger charge is -2.34. The number of carbonyl (C=O) groups excluding carboxylic acids is 2. The van der Waals surface area contributed by atoms with Gasteiger partial charge in [0.15, 0.2) is 11.7 Å². The van der Waals surface area contributed by atoms with Crippen molar-refractivity contribution in [2.45, 2.75) is 12.8 Å². The molecule has 7 heteroatoms. The Hall–Kier alpha value is -2.67. The van der Waals surface area contributed by atoms with Crippen LogP contribution in [-0.2, 0) is 16.0 Å². The summed E-state index contributed by atoms with van der Waals surface area (Å²) in [6.45, 7) is 3.12. The number of aryl methyl sites for hydroxylation is 1. The Balaban J connectivity index is 1.45. The zero-order valence-corrected chi connectivity index (χ0v) is 15.0. The predicted octanol–water partition coefficient (Wildman–Crippen LogP) is 1.16. The van der Waals surface area contributed by atoms with Crippen molar-refractivity contribution in [1.29, 1.82) is 0 Å². The number of likely N-dealkylation sites (N-methyl/N-ethyl adjacent to an activating group) is 1. The number of piperazine rings is 1. The summed E-state index contributed by atoms with van der Waals surface area (Å²) < 4.78 is 5.75. The number of hydrogen-bond donors (Lipinski definition) is 1. The van der Waals surface area contributed by atoms with Gasteiger partial charge < -0.3 is 14.6 Å². The quantitative estimate of drug-likeness (QED) is 0.840. The first-order chi connectivity index (χ1) is 12.7. The van der Waals surface area contributed by atoms with Crippen molar-refractivity contribution in [2.75, 3.05) is 39.8 Å². The molecule has 26 heavy (non-hydrogen) atoms. The molecule has 138 valence electrons. The summed E-state index contributed by atoms with van der Waals surface area (Å²) in [7, 11) is 1.63. The zero-order chi connectivity index (χ0) is 18.4. The first kappa shape index (κ1) is 18.1. The summed E-state index contributed by atoms with van der Waals surface area (Å²) in [5.74, 6) is 1.40. The molecule has 1 aliphatic rings. The number of carbonyl (C=O) groups is 2. The maximum absolute atomic E-state index is 12.4.